The molecule has 0 aliphatic carbocycles. The molecule has 0 saturated carbocycles. The Morgan fingerprint density at radius 3 is 1.25 bits per heavy atom. The van der Waals surface area contributed by atoms with Crippen molar-refractivity contribution in [3.05, 3.63) is 132 Å². The highest BCUT2D eigenvalue weighted by Gasteiger charge is 2.18. The fraction of sp³-hybridized carbons (Fsp3) is 0.156. The molecule has 9 rings (SSSR count). The number of hydrogen-bond donors (Lipinski definition) is 0. The van der Waals surface area contributed by atoms with Gasteiger partial charge in [-0.1, -0.05) is 92.9 Å². The van der Waals surface area contributed by atoms with E-state index in [2.05, 4.69) is 35.6 Å². The van der Waals surface area contributed by atoms with Crippen molar-refractivity contribution < 1.29 is 27.6 Å². The third kappa shape index (κ3) is 8.49. The fourth-order valence-corrected chi connectivity index (χ4v) is 6.38. The Morgan fingerprint density at radius 1 is 0.424 bits per heavy atom. The van der Waals surface area contributed by atoms with Crippen molar-refractivity contribution in [2.45, 2.75) is 26.9 Å². The molecule has 59 heavy (non-hydrogen) atoms. The van der Waals surface area contributed by atoms with E-state index in [-0.39, 0.29) is 0 Å². The third-order valence-electron chi connectivity index (χ3n) is 9.31. The summed E-state index contributed by atoms with van der Waals surface area (Å²) in [6.45, 7) is 6.51. The molecule has 5 aromatic carbocycles. The normalized spacial score (nSPS) is 11.4. The largest absolute Gasteiger partial charge is 0.382 e. The van der Waals surface area contributed by atoms with E-state index in [1.54, 1.807) is 0 Å². The minimum absolute atomic E-state index is 0.329. The van der Waals surface area contributed by atoms with Crippen LogP contribution in [0.4, 0.5) is 0 Å². The zero-order valence-electron chi connectivity index (χ0n) is 32.1. The topological polar surface area (TPSA) is 174 Å². The molecule has 0 unspecified atom stereocenters. The molecule has 0 N–H and O–H groups in total. The van der Waals surface area contributed by atoms with Gasteiger partial charge in [-0.3, -0.25) is 0 Å². The molecular formula is C45H36N8O6. The second kappa shape index (κ2) is 17.0. The molecule has 0 aliphatic heterocycles. The number of benzene rings is 5. The molecule has 0 aliphatic rings. The highest BCUT2D eigenvalue weighted by atomic mass is 16.5. The predicted molar refractivity (Wildman–Crippen MR) is 217 cm³/mol. The Bertz CT molecular complexity index is 2840. The summed E-state index contributed by atoms with van der Waals surface area (Å²) < 4.78 is 33.9. The van der Waals surface area contributed by atoms with Crippen molar-refractivity contribution in [3.63, 3.8) is 0 Å². The highest BCUT2D eigenvalue weighted by molar-refractivity contribution is 5.71. The van der Waals surface area contributed by atoms with Gasteiger partial charge in [0, 0.05) is 64.3 Å². The van der Waals surface area contributed by atoms with Crippen LogP contribution in [-0.4, -0.2) is 60.4 Å². The first-order chi connectivity index (χ1) is 29.1. The molecule has 0 atom stereocenters. The maximum Gasteiger partial charge on any atom is 0.258 e. The van der Waals surface area contributed by atoms with Crippen LogP contribution in [0.3, 0.4) is 0 Å². The lowest BCUT2D eigenvalue weighted by Gasteiger charge is -2.05. The number of aromatic nitrogens is 8. The van der Waals surface area contributed by atoms with Gasteiger partial charge in [0.1, 0.15) is 0 Å². The van der Waals surface area contributed by atoms with Gasteiger partial charge in [0.25, 0.3) is 23.6 Å². The van der Waals surface area contributed by atoms with Crippen molar-refractivity contribution >= 4 is 0 Å². The summed E-state index contributed by atoms with van der Waals surface area (Å²) in [6, 6.07) is 38.4. The Kier molecular flexibility index (Phi) is 10.7. The summed E-state index contributed by atoms with van der Waals surface area (Å²) in [7, 11) is 0. The molecule has 0 fully saturated rings. The summed E-state index contributed by atoms with van der Waals surface area (Å²) >= 11 is 0. The van der Waals surface area contributed by atoms with Gasteiger partial charge in [0.05, 0.1) is 6.61 Å². The van der Waals surface area contributed by atoms with Crippen LogP contribution in [0, 0.1) is 6.92 Å². The second-order valence-electron chi connectivity index (χ2n) is 13.6. The van der Waals surface area contributed by atoms with Crippen LogP contribution in [0.1, 0.15) is 24.5 Å². The standard InChI is InChI=1S/C45H36N8O6/c1-3-54-20-9-21-55-27-29-11-5-13-31(23-29)39-47-43(57-51-39)35-17-8-19-37(26-35)45-49-41(53-59-45)33-15-6-14-32(24-33)40-48-44(58-52-40)36-18-7-16-34(25-36)42-46-38(50-56-42)30-12-4-10-28(2)22-30/h4-8,10-19,22-26H,3,9,20-21,27H2,1-2H3. The molecule has 0 bridgehead atoms. The van der Waals surface area contributed by atoms with E-state index >= 15 is 0 Å². The fourth-order valence-electron chi connectivity index (χ4n) is 6.38. The summed E-state index contributed by atoms with van der Waals surface area (Å²) in [5.74, 6) is 3.19. The van der Waals surface area contributed by atoms with E-state index in [0.29, 0.717) is 101 Å². The van der Waals surface area contributed by atoms with Crippen LogP contribution in [0.5, 0.6) is 0 Å². The average molecular weight is 785 g/mol. The molecule has 0 saturated heterocycles. The van der Waals surface area contributed by atoms with Gasteiger partial charge in [-0.25, -0.2) is 0 Å². The molecule has 14 nitrogen and oxygen atoms in total. The van der Waals surface area contributed by atoms with Crippen LogP contribution < -0.4 is 0 Å². The first-order valence-corrected chi connectivity index (χ1v) is 19.1. The Balaban J connectivity index is 0.879. The molecule has 0 amide bonds. The summed E-state index contributed by atoms with van der Waals surface area (Å²) in [4.78, 5) is 18.7. The molecular weight excluding hydrogens is 749 g/mol. The van der Waals surface area contributed by atoms with Gasteiger partial charge in [0.15, 0.2) is 0 Å². The van der Waals surface area contributed by atoms with E-state index in [4.69, 9.17) is 32.6 Å². The van der Waals surface area contributed by atoms with E-state index in [1.165, 1.54) is 0 Å². The van der Waals surface area contributed by atoms with Gasteiger partial charge >= 0.3 is 0 Å². The lowest BCUT2D eigenvalue weighted by molar-refractivity contribution is 0.0802. The Hall–Kier alpha value is -7.42. The lowest BCUT2D eigenvalue weighted by Crippen LogP contribution is -2.01. The van der Waals surface area contributed by atoms with Gasteiger partial charge in [0.2, 0.25) is 23.3 Å². The zero-order chi connectivity index (χ0) is 40.0. The molecule has 0 radical (unpaired) electrons. The lowest BCUT2D eigenvalue weighted by atomic mass is 10.1. The van der Waals surface area contributed by atoms with Crippen molar-refractivity contribution in [3.8, 4) is 91.4 Å². The van der Waals surface area contributed by atoms with Crippen LogP contribution in [-0.2, 0) is 16.1 Å². The van der Waals surface area contributed by atoms with E-state index in [0.717, 1.165) is 34.2 Å². The van der Waals surface area contributed by atoms with Gasteiger partial charge in [-0.2, -0.15) is 19.9 Å². The van der Waals surface area contributed by atoms with Crippen LogP contribution in [0.2, 0.25) is 0 Å². The number of aryl methyl sites for hydroxylation is 1. The van der Waals surface area contributed by atoms with Crippen LogP contribution >= 0.6 is 0 Å². The van der Waals surface area contributed by atoms with Crippen molar-refractivity contribution in [1.82, 2.24) is 40.6 Å². The van der Waals surface area contributed by atoms with Crippen molar-refractivity contribution in [1.29, 1.82) is 0 Å². The summed E-state index contributed by atoms with van der Waals surface area (Å²) in [6.07, 6.45) is 0.848. The van der Waals surface area contributed by atoms with Crippen molar-refractivity contribution in [2.24, 2.45) is 0 Å². The molecule has 292 valence electrons. The first kappa shape index (κ1) is 37.2. The van der Waals surface area contributed by atoms with E-state index in [1.807, 2.05) is 135 Å². The molecule has 4 heterocycles. The second-order valence-corrected chi connectivity index (χ2v) is 13.6. The van der Waals surface area contributed by atoms with Crippen molar-refractivity contribution in [2.75, 3.05) is 19.8 Å². The number of rotatable bonds is 15. The molecule has 4 aromatic heterocycles. The zero-order valence-corrected chi connectivity index (χ0v) is 32.1. The first-order valence-electron chi connectivity index (χ1n) is 19.1. The quantitative estimate of drug-likeness (QED) is 0.0898. The van der Waals surface area contributed by atoms with Gasteiger partial charge < -0.3 is 27.6 Å². The van der Waals surface area contributed by atoms with Gasteiger partial charge in [-0.05, 0) is 80.4 Å². The number of ether oxygens (including phenoxy) is 2. The molecule has 14 heteroatoms. The maximum atomic E-state index is 5.81. The monoisotopic (exact) mass is 784 g/mol. The SMILES string of the molecule is CCOCCCOCc1cccc(-c2noc(-c3cccc(-c4nc(-c5cccc(-c6noc(-c7cccc(-c8nc(-c9cccc(C)c9)no8)c7)n6)c5)no4)c3)n2)c1. The maximum absolute atomic E-state index is 5.81. The minimum atomic E-state index is 0.329. The van der Waals surface area contributed by atoms with Crippen LogP contribution in [0.15, 0.2) is 139 Å². The Morgan fingerprint density at radius 2 is 0.797 bits per heavy atom. The van der Waals surface area contributed by atoms with Crippen LogP contribution in [0.25, 0.3) is 91.4 Å². The summed E-state index contributed by atoms with van der Waals surface area (Å²) in [5.41, 5.74) is 8.09. The predicted octanol–water partition coefficient (Wildman–Crippen LogP) is 9.81. The Labute approximate surface area is 337 Å². The van der Waals surface area contributed by atoms with E-state index in [9.17, 15) is 0 Å². The number of hydrogen-bond acceptors (Lipinski definition) is 14. The highest BCUT2D eigenvalue weighted by Crippen LogP contribution is 2.31. The van der Waals surface area contributed by atoms with Gasteiger partial charge in [-0.15, -0.1) is 0 Å². The summed E-state index contributed by atoms with van der Waals surface area (Å²) in [5, 5.41) is 16.9. The molecule has 0 spiro atoms. The molecule has 9 aromatic rings. The number of nitrogens with zero attached hydrogens (tertiary/aromatic N) is 8. The smallest absolute Gasteiger partial charge is 0.258 e. The van der Waals surface area contributed by atoms with E-state index < -0.39 is 0 Å². The average Bonchev–Trinajstić information content (AvgIpc) is 4.13. The third-order valence-corrected chi connectivity index (χ3v) is 9.31. The minimum Gasteiger partial charge on any atom is -0.382 e.